The maximum atomic E-state index is 12.6. The summed E-state index contributed by atoms with van der Waals surface area (Å²) in [4.78, 5) is 14.4. The number of amides is 1. The summed E-state index contributed by atoms with van der Waals surface area (Å²) in [5.74, 6) is 2.27. The SMILES string of the molecule is CN(C(=O)c1cn(C2CCC(N)CC2)nn1)C1CCSCC1. The summed E-state index contributed by atoms with van der Waals surface area (Å²) in [5.41, 5.74) is 6.41. The van der Waals surface area contributed by atoms with Gasteiger partial charge < -0.3 is 10.6 Å². The minimum absolute atomic E-state index is 0.00402. The van der Waals surface area contributed by atoms with Crippen LogP contribution >= 0.6 is 11.8 Å². The van der Waals surface area contributed by atoms with Gasteiger partial charge in [0.2, 0.25) is 0 Å². The zero-order valence-corrected chi connectivity index (χ0v) is 14.0. The Labute approximate surface area is 135 Å². The van der Waals surface area contributed by atoms with E-state index in [0.29, 0.717) is 23.8 Å². The number of nitrogens with zero attached hydrogens (tertiary/aromatic N) is 4. The van der Waals surface area contributed by atoms with Crippen molar-refractivity contribution in [2.24, 2.45) is 5.73 Å². The van der Waals surface area contributed by atoms with Gasteiger partial charge in [0.25, 0.3) is 5.91 Å². The van der Waals surface area contributed by atoms with E-state index in [1.54, 1.807) is 0 Å². The van der Waals surface area contributed by atoms with Crippen molar-refractivity contribution in [3.63, 3.8) is 0 Å². The summed E-state index contributed by atoms with van der Waals surface area (Å²) in [6, 6.07) is 0.994. The minimum atomic E-state index is -0.00402. The smallest absolute Gasteiger partial charge is 0.276 e. The maximum absolute atomic E-state index is 12.6. The second-order valence-electron chi connectivity index (χ2n) is 6.41. The molecule has 22 heavy (non-hydrogen) atoms. The molecule has 1 aromatic rings. The number of carbonyl (C=O) groups excluding carboxylic acids is 1. The average molecular weight is 323 g/mol. The first-order valence-electron chi connectivity index (χ1n) is 8.17. The van der Waals surface area contributed by atoms with E-state index in [0.717, 1.165) is 50.0 Å². The van der Waals surface area contributed by atoms with Crippen molar-refractivity contribution in [1.82, 2.24) is 19.9 Å². The van der Waals surface area contributed by atoms with Gasteiger partial charge in [0.1, 0.15) is 0 Å². The third kappa shape index (κ3) is 3.46. The Balaban J connectivity index is 1.63. The van der Waals surface area contributed by atoms with Crippen molar-refractivity contribution in [2.45, 2.75) is 56.7 Å². The summed E-state index contributed by atoms with van der Waals surface area (Å²) < 4.78 is 1.86. The number of aromatic nitrogens is 3. The molecule has 0 radical (unpaired) electrons. The number of nitrogens with two attached hydrogens (primary N) is 1. The lowest BCUT2D eigenvalue weighted by atomic mass is 9.92. The molecule has 1 saturated carbocycles. The van der Waals surface area contributed by atoms with Gasteiger partial charge in [0.05, 0.1) is 12.2 Å². The molecule has 0 atom stereocenters. The minimum Gasteiger partial charge on any atom is -0.337 e. The van der Waals surface area contributed by atoms with Crippen LogP contribution in [0.2, 0.25) is 0 Å². The van der Waals surface area contributed by atoms with Crippen LogP contribution in [0.5, 0.6) is 0 Å². The van der Waals surface area contributed by atoms with Crippen LogP contribution in [0.15, 0.2) is 6.20 Å². The monoisotopic (exact) mass is 323 g/mol. The van der Waals surface area contributed by atoms with Crippen molar-refractivity contribution in [2.75, 3.05) is 18.6 Å². The number of rotatable bonds is 3. The van der Waals surface area contributed by atoms with Crippen LogP contribution in [-0.2, 0) is 0 Å². The van der Waals surface area contributed by atoms with Gasteiger partial charge in [-0.2, -0.15) is 11.8 Å². The molecule has 2 N–H and O–H groups in total. The zero-order valence-electron chi connectivity index (χ0n) is 13.1. The number of hydrogen-bond acceptors (Lipinski definition) is 5. The zero-order chi connectivity index (χ0) is 15.5. The van der Waals surface area contributed by atoms with Crippen LogP contribution in [0.3, 0.4) is 0 Å². The van der Waals surface area contributed by atoms with E-state index in [1.807, 2.05) is 34.6 Å². The molecule has 7 heteroatoms. The molecule has 0 spiro atoms. The van der Waals surface area contributed by atoms with Crippen LogP contribution in [0, 0.1) is 0 Å². The molecule has 0 unspecified atom stereocenters. The highest BCUT2D eigenvalue weighted by atomic mass is 32.2. The highest BCUT2D eigenvalue weighted by molar-refractivity contribution is 7.99. The van der Waals surface area contributed by atoms with Crippen LogP contribution in [0.25, 0.3) is 0 Å². The predicted octanol–water partition coefficient (Wildman–Crippen LogP) is 1.69. The molecule has 6 nitrogen and oxygen atoms in total. The van der Waals surface area contributed by atoms with Crippen LogP contribution in [0.1, 0.15) is 55.1 Å². The summed E-state index contributed by atoms with van der Waals surface area (Å²) >= 11 is 1.97. The van der Waals surface area contributed by atoms with Crippen molar-refractivity contribution in [3.05, 3.63) is 11.9 Å². The van der Waals surface area contributed by atoms with Gasteiger partial charge in [-0.25, -0.2) is 4.68 Å². The summed E-state index contributed by atoms with van der Waals surface area (Å²) in [7, 11) is 1.89. The average Bonchev–Trinajstić information content (AvgIpc) is 3.05. The third-order valence-electron chi connectivity index (χ3n) is 4.90. The number of carbonyl (C=O) groups is 1. The Kier molecular flexibility index (Phi) is 5.03. The standard InChI is InChI=1S/C15H25N5OS/c1-19(12-6-8-22-9-7-12)15(21)14-10-20(18-17-14)13-4-2-11(16)3-5-13/h10-13H,2-9,16H2,1H3. The maximum Gasteiger partial charge on any atom is 0.276 e. The predicted molar refractivity (Wildman–Crippen MR) is 87.9 cm³/mol. The lowest BCUT2D eigenvalue weighted by Gasteiger charge is -2.30. The number of hydrogen-bond donors (Lipinski definition) is 1. The second-order valence-corrected chi connectivity index (χ2v) is 7.64. The van der Waals surface area contributed by atoms with E-state index in [4.69, 9.17) is 5.73 Å². The molecule has 0 bridgehead atoms. The Morgan fingerprint density at radius 1 is 1.27 bits per heavy atom. The Bertz CT molecular complexity index is 506. The fourth-order valence-corrected chi connectivity index (χ4v) is 4.42. The van der Waals surface area contributed by atoms with Gasteiger partial charge in [0, 0.05) is 19.1 Å². The molecule has 1 aromatic heterocycles. The lowest BCUT2D eigenvalue weighted by molar-refractivity contribution is 0.0717. The fraction of sp³-hybridized carbons (Fsp3) is 0.800. The molecule has 122 valence electrons. The van der Waals surface area contributed by atoms with Crippen LogP contribution in [0.4, 0.5) is 0 Å². The van der Waals surface area contributed by atoms with Crippen LogP contribution < -0.4 is 5.73 Å². The van der Waals surface area contributed by atoms with E-state index in [2.05, 4.69) is 10.3 Å². The molecule has 1 saturated heterocycles. The van der Waals surface area contributed by atoms with E-state index in [-0.39, 0.29) is 5.91 Å². The van der Waals surface area contributed by atoms with Gasteiger partial charge >= 0.3 is 0 Å². The molecule has 1 amide bonds. The highest BCUT2D eigenvalue weighted by Crippen LogP contribution is 2.27. The van der Waals surface area contributed by atoms with Gasteiger partial charge in [-0.15, -0.1) is 5.10 Å². The molecule has 2 aliphatic rings. The molecular formula is C15H25N5OS. The first-order valence-corrected chi connectivity index (χ1v) is 9.33. The molecule has 1 aliphatic carbocycles. The van der Waals surface area contributed by atoms with E-state index in [1.165, 1.54) is 0 Å². The number of thioether (sulfide) groups is 1. The van der Waals surface area contributed by atoms with Gasteiger partial charge in [-0.1, -0.05) is 5.21 Å². The largest absolute Gasteiger partial charge is 0.337 e. The third-order valence-corrected chi connectivity index (χ3v) is 5.95. The molecule has 3 rings (SSSR count). The lowest BCUT2D eigenvalue weighted by Crippen LogP contribution is -2.39. The molecular weight excluding hydrogens is 298 g/mol. The molecule has 0 aromatic carbocycles. The van der Waals surface area contributed by atoms with E-state index in [9.17, 15) is 4.79 Å². The summed E-state index contributed by atoms with van der Waals surface area (Å²) in [6.45, 7) is 0. The highest BCUT2D eigenvalue weighted by Gasteiger charge is 2.26. The normalized spacial score (nSPS) is 26.8. The Morgan fingerprint density at radius 3 is 2.64 bits per heavy atom. The Hall–Kier alpha value is -1.08. The summed E-state index contributed by atoms with van der Waals surface area (Å²) in [6.07, 6.45) is 8.05. The van der Waals surface area contributed by atoms with Crippen molar-refractivity contribution in [1.29, 1.82) is 0 Å². The second kappa shape index (κ2) is 7.00. The summed E-state index contributed by atoms with van der Waals surface area (Å²) in [5, 5.41) is 8.30. The molecule has 2 fully saturated rings. The first kappa shape index (κ1) is 15.8. The molecule has 2 heterocycles. The van der Waals surface area contributed by atoms with Gasteiger partial charge in [-0.05, 0) is 50.0 Å². The quantitative estimate of drug-likeness (QED) is 0.916. The Morgan fingerprint density at radius 2 is 1.95 bits per heavy atom. The van der Waals surface area contributed by atoms with Crippen LogP contribution in [-0.4, -0.2) is 56.4 Å². The van der Waals surface area contributed by atoms with Crippen molar-refractivity contribution >= 4 is 17.7 Å². The molecule has 1 aliphatic heterocycles. The topological polar surface area (TPSA) is 77.0 Å². The first-order chi connectivity index (χ1) is 10.6. The van der Waals surface area contributed by atoms with E-state index < -0.39 is 0 Å². The van der Waals surface area contributed by atoms with Crippen molar-refractivity contribution < 1.29 is 4.79 Å². The van der Waals surface area contributed by atoms with Crippen molar-refractivity contribution in [3.8, 4) is 0 Å². The van der Waals surface area contributed by atoms with Gasteiger partial charge in [-0.3, -0.25) is 4.79 Å². The van der Waals surface area contributed by atoms with E-state index >= 15 is 0 Å². The van der Waals surface area contributed by atoms with Gasteiger partial charge in [0.15, 0.2) is 5.69 Å². The fourth-order valence-electron chi connectivity index (χ4n) is 3.34.